The average Bonchev–Trinajstić information content (AvgIpc) is 3.21. The number of nitrogens with one attached hydrogen (secondary N) is 1. The van der Waals surface area contributed by atoms with Gasteiger partial charge in [0.05, 0.1) is 6.10 Å². The highest BCUT2D eigenvalue weighted by Crippen LogP contribution is 2.38. The molecule has 2 fully saturated rings. The lowest BCUT2D eigenvalue weighted by molar-refractivity contribution is 0.0227. The largest absolute Gasteiger partial charge is 0.393 e. The number of hydrogen-bond donors (Lipinski definition) is 2. The van der Waals surface area contributed by atoms with Gasteiger partial charge in [-0.3, -0.25) is 4.90 Å². The summed E-state index contributed by atoms with van der Waals surface area (Å²) in [6, 6.07) is 1.30. The van der Waals surface area contributed by atoms with Gasteiger partial charge in [-0.2, -0.15) is 0 Å². The van der Waals surface area contributed by atoms with E-state index < -0.39 is 0 Å². The first kappa shape index (κ1) is 16.3. The summed E-state index contributed by atoms with van der Waals surface area (Å²) in [6.45, 7) is 12.2. The van der Waals surface area contributed by atoms with Gasteiger partial charge in [0.25, 0.3) is 0 Å². The highest BCUT2D eigenvalue weighted by molar-refractivity contribution is 4.94. The summed E-state index contributed by atoms with van der Waals surface area (Å²) in [4.78, 5) is 2.68. The van der Waals surface area contributed by atoms with E-state index in [9.17, 15) is 5.11 Å². The lowest BCUT2D eigenvalue weighted by atomic mass is 9.88. The van der Waals surface area contributed by atoms with Crippen molar-refractivity contribution in [1.29, 1.82) is 0 Å². The third-order valence-corrected chi connectivity index (χ3v) is 5.06. The van der Waals surface area contributed by atoms with Crippen molar-refractivity contribution in [3.05, 3.63) is 0 Å². The molecule has 0 spiro atoms. The van der Waals surface area contributed by atoms with E-state index in [1.54, 1.807) is 0 Å². The predicted octanol–water partition coefficient (Wildman–Crippen LogP) is 2.49. The minimum Gasteiger partial charge on any atom is -0.393 e. The average molecular weight is 282 g/mol. The molecule has 1 aliphatic heterocycles. The zero-order chi connectivity index (χ0) is 14.7. The fraction of sp³-hybridized carbons (Fsp3) is 1.00. The van der Waals surface area contributed by atoms with E-state index in [2.05, 4.69) is 31.0 Å². The van der Waals surface area contributed by atoms with Crippen LogP contribution in [-0.4, -0.2) is 47.8 Å². The molecule has 0 amide bonds. The van der Waals surface area contributed by atoms with Crippen molar-refractivity contribution in [2.24, 2.45) is 17.8 Å². The van der Waals surface area contributed by atoms with Crippen LogP contribution in [-0.2, 0) is 0 Å². The van der Waals surface area contributed by atoms with Gasteiger partial charge in [0.2, 0.25) is 0 Å². The summed E-state index contributed by atoms with van der Waals surface area (Å²) in [6.07, 6.45) is 5.03. The molecule has 4 unspecified atom stereocenters. The maximum Gasteiger partial charge on any atom is 0.0553 e. The first-order valence-electron chi connectivity index (χ1n) is 8.66. The molecule has 1 saturated heterocycles. The number of hydrogen-bond acceptors (Lipinski definition) is 3. The third kappa shape index (κ3) is 4.44. The summed E-state index contributed by atoms with van der Waals surface area (Å²) in [7, 11) is 0. The standard InChI is InChI=1S/C17H34N2O/c1-5-17(14-6-7-14)19-10-15(13(4)20)8-16(11-19)18-9-12(2)3/h12-18,20H,5-11H2,1-4H3. The lowest BCUT2D eigenvalue weighted by Crippen LogP contribution is -2.55. The lowest BCUT2D eigenvalue weighted by Gasteiger charge is -2.43. The topological polar surface area (TPSA) is 35.5 Å². The van der Waals surface area contributed by atoms with Crippen LogP contribution in [0, 0.1) is 17.8 Å². The second kappa shape index (κ2) is 7.24. The Kier molecular flexibility index (Phi) is 5.88. The molecule has 1 saturated carbocycles. The van der Waals surface area contributed by atoms with Crippen molar-refractivity contribution >= 4 is 0 Å². The minimum absolute atomic E-state index is 0.183. The smallest absolute Gasteiger partial charge is 0.0553 e. The maximum atomic E-state index is 10.0. The van der Waals surface area contributed by atoms with Crippen molar-refractivity contribution in [1.82, 2.24) is 10.2 Å². The normalized spacial score (nSPS) is 31.5. The molecule has 0 aromatic heterocycles. The molecule has 0 aromatic rings. The summed E-state index contributed by atoms with van der Waals surface area (Å²) in [5.74, 6) is 2.06. The first-order chi connectivity index (χ1) is 9.51. The monoisotopic (exact) mass is 282 g/mol. The fourth-order valence-corrected chi connectivity index (χ4v) is 3.71. The van der Waals surface area contributed by atoms with Gasteiger partial charge < -0.3 is 10.4 Å². The van der Waals surface area contributed by atoms with Gasteiger partial charge in [-0.1, -0.05) is 20.8 Å². The molecule has 118 valence electrons. The van der Waals surface area contributed by atoms with Crippen LogP contribution < -0.4 is 5.32 Å². The van der Waals surface area contributed by atoms with Crippen molar-refractivity contribution in [3.8, 4) is 0 Å². The van der Waals surface area contributed by atoms with Gasteiger partial charge in [-0.15, -0.1) is 0 Å². The Labute approximate surface area is 125 Å². The Morgan fingerprint density at radius 3 is 2.35 bits per heavy atom. The Balaban J connectivity index is 1.96. The van der Waals surface area contributed by atoms with Crippen LogP contribution in [0.25, 0.3) is 0 Å². The van der Waals surface area contributed by atoms with E-state index in [4.69, 9.17) is 0 Å². The van der Waals surface area contributed by atoms with E-state index in [-0.39, 0.29) is 6.10 Å². The molecule has 0 aromatic carbocycles. The summed E-state index contributed by atoms with van der Waals surface area (Å²) in [5.41, 5.74) is 0. The Morgan fingerprint density at radius 2 is 1.85 bits per heavy atom. The Bertz CT molecular complexity index is 289. The van der Waals surface area contributed by atoms with Gasteiger partial charge in [0, 0.05) is 25.2 Å². The molecule has 3 nitrogen and oxygen atoms in total. The van der Waals surface area contributed by atoms with Crippen LogP contribution in [0.1, 0.15) is 53.4 Å². The molecule has 4 atom stereocenters. The zero-order valence-electron chi connectivity index (χ0n) is 13.8. The number of nitrogens with zero attached hydrogens (tertiary/aromatic N) is 1. The van der Waals surface area contributed by atoms with Crippen LogP contribution in [0.3, 0.4) is 0 Å². The highest BCUT2D eigenvalue weighted by Gasteiger charge is 2.38. The fourth-order valence-electron chi connectivity index (χ4n) is 3.71. The quantitative estimate of drug-likeness (QED) is 0.753. The zero-order valence-corrected chi connectivity index (χ0v) is 13.8. The predicted molar refractivity (Wildman–Crippen MR) is 84.8 cm³/mol. The van der Waals surface area contributed by atoms with Crippen LogP contribution in [0.5, 0.6) is 0 Å². The van der Waals surface area contributed by atoms with E-state index >= 15 is 0 Å². The molecule has 1 heterocycles. The third-order valence-electron chi connectivity index (χ3n) is 5.06. The molecular formula is C17H34N2O. The second-order valence-electron chi connectivity index (χ2n) is 7.50. The molecule has 1 aliphatic carbocycles. The van der Waals surface area contributed by atoms with Crippen LogP contribution in [0.15, 0.2) is 0 Å². The Morgan fingerprint density at radius 1 is 1.15 bits per heavy atom. The van der Waals surface area contributed by atoms with Gasteiger partial charge >= 0.3 is 0 Å². The number of aliphatic hydroxyl groups is 1. The number of rotatable bonds is 7. The molecule has 2 rings (SSSR count). The summed E-state index contributed by atoms with van der Waals surface area (Å²) < 4.78 is 0. The molecule has 2 N–H and O–H groups in total. The van der Waals surface area contributed by atoms with Crippen LogP contribution >= 0.6 is 0 Å². The minimum atomic E-state index is -0.183. The van der Waals surface area contributed by atoms with Gasteiger partial charge in [0.1, 0.15) is 0 Å². The molecular weight excluding hydrogens is 248 g/mol. The molecule has 20 heavy (non-hydrogen) atoms. The van der Waals surface area contributed by atoms with Crippen molar-refractivity contribution in [2.75, 3.05) is 19.6 Å². The van der Waals surface area contributed by atoms with Crippen molar-refractivity contribution in [3.63, 3.8) is 0 Å². The van der Waals surface area contributed by atoms with Gasteiger partial charge in [-0.05, 0) is 56.9 Å². The SMILES string of the molecule is CCC(C1CC1)N1CC(NCC(C)C)CC(C(C)O)C1. The maximum absolute atomic E-state index is 10.0. The van der Waals surface area contributed by atoms with Gasteiger partial charge in [-0.25, -0.2) is 0 Å². The molecule has 0 bridgehead atoms. The van der Waals surface area contributed by atoms with E-state index in [1.165, 1.54) is 25.8 Å². The summed E-state index contributed by atoms with van der Waals surface area (Å²) >= 11 is 0. The van der Waals surface area contributed by atoms with Gasteiger partial charge in [0.15, 0.2) is 0 Å². The van der Waals surface area contributed by atoms with E-state index in [1.807, 2.05) is 6.92 Å². The van der Waals surface area contributed by atoms with Crippen LogP contribution in [0.4, 0.5) is 0 Å². The second-order valence-corrected chi connectivity index (χ2v) is 7.50. The highest BCUT2D eigenvalue weighted by atomic mass is 16.3. The van der Waals surface area contributed by atoms with E-state index in [0.29, 0.717) is 17.9 Å². The number of aliphatic hydroxyl groups excluding tert-OH is 1. The molecule has 3 heteroatoms. The molecule has 2 aliphatic rings. The van der Waals surface area contributed by atoms with E-state index in [0.717, 1.165) is 31.5 Å². The number of likely N-dealkylation sites (tertiary alicyclic amines) is 1. The van der Waals surface area contributed by atoms with Crippen LogP contribution in [0.2, 0.25) is 0 Å². The summed E-state index contributed by atoms with van der Waals surface area (Å²) in [5, 5.41) is 13.8. The first-order valence-corrected chi connectivity index (χ1v) is 8.66. The van der Waals surface area contributed by atoms with Crippen molar-refractivity contribution < 1.29 is 5.11 Å². The van der Waals surface area contributed by atoms with Crippen molar-refractivity contribution in [2.45, 2.75) is 71.6 Å². The Hall–Kier alpha value is -0.120. The molecule has 0 radical (unpaired) electrons. The number of piperidine rings is 1.